The van der Waals surface area contributed by atoms with Crippen LogP contribution in [0.3, 0.4) is 0 Å². The number of hydrogen-bond acceptors (Lipinski definition) is 5. The fraction of sp³-hybridized carbons (Fsp3) is 0.571. The van der Waals surface area contributed by atoms with Gasteiger partial charge in [0.2, 0.25) is 0 Å². The zero-order valence-electron chi connectivity index (χ0n) is 12.2. The highest BCUT2D eigenvalue weighted by Gasteiger charge is 2.21. The average molecular weight is 277 g/mol. The predicted molar refractivity (Wildman–Crippen MR) is 78.7 cm³/mol. The first kappa shape index (κ1) is 14.7. The maximum Gasteiger partial charge on any atom is 0.189 e. The highest BCUT2D eigenvalue weighted by Crippen LogP contribution is 2.15. The van der Waals surface area contributed by atoms with Crippen LogP contribution in [0.5, 0.6) is 0 Å². The molecule has 1 aromatic heterocycles. The molecule has 0 spiro atoms. The van der Waals surface area contributed by atoms with Gasteiger partial charge in [0.05, 0.1) is 0 Å². The van der Waals surface area contributed by atoms with Gasteiger partial charge < -0.3 is 15.8 Å². The van der Waals surface area contributed by atoms with Gasteiger partial charge in [0.25, 0.3) is 0 Å². The Balaban J connectivity index is 2.17. The Labute approximate surface area is 119 Å². The van der Waals surface area contributed by atoms with Crippen molar-refractivity contribution >= 4 is 5.84 Å². The first-order valence-corrected chi connectivity index (χ1v) is 6.96. The molecule has 0 bridgehead atoms. The molecule has 6 heteroatoms. The van der Waals surface area contributed by atoms with Gasteiger partial charge in [-0.15, -0.1) is 0 Å². The van der Waals surface area contributed by atoms with Crippen LogP contribution in [-0.2, 0) is 6.54 Å². The second-order valence-corrected chi connectivity index (χ2v) is 5.43. The highest BCUT2D eigenvalue weighted by atomic mass is 16.4. The van der Waals surface area contributed by atoms with E-state index in [0.29, 0.717) is 11.7 Å². The maximum atomic E-state index is 8.85. The van der Waals surface area contributed by atoms with E-state index in [9.17, 15) is 0 Å². The minimum atomic E-state index is 0.0696. The van der Waals surface area contributed by atoms with Crippen molar-refractivity contribution in [2.75, 3.05) is 26.7 Å². The smallest absolute Gasteiger partial charge is 0.189 e. The molecule has 1 aromatic rings. The molecule has 0 amide bonds. The molecular formula is C14H23N5O. The van der Waals surface area contributed by atoms with E-state index in [1.165, 1.54) is 0 Å². The van der Waals surface area contributed by atoms with E-state index in [2.05, 4.69) is 33.9 Å². The summed E-state index contributed by atoms with van der Waals surface area (Å²) < 4.78 is 0. The molecule has 0 saturated carbocycles. The number of aromatic nitrogens is 1. The van der Waals surface area contributed by atoms with Crippen molar-refractivity contribution in [3.05, 3.63) is 29.6 Å². The van der Waals surface area contributed by atoms with E-state index in [1.54, 1.807) is 6.20 Å². The summed E-state index contributed by atoms with van der Waals surface area (Å²) in [4.78, 5) is 9.01. The van der Waals surface area contributed by atoms with Crippen molar-refractivity contribution in [2.24, 2.45) is 10.9 Å². The van der Waals surface area contributed by atoms with E-state index in [0.717, 1.165) is 38.2 Å². The number of oxime groups is 1. The normalized spacial score (nSPS) is 22.7. The summed E-state index contributed by atoms with van der Waals surface area (Å²) in [5.74, 6) is 0.0696. The monoisotopic (exact) mass is 277 g/mol. The van der Waals surface area contributed by atoms with E-state index in [1.807, 2.05) is 12.1 Å². The summed E-state index contributed by atoms with van der Waals surface area (Å²) in [6.07, 6.45) is 2.82. The summed E-state index contributed by atoms with van der Waals surface area (Å²) in [5.41, 5.74) is 7.27. The number of nitrogens with zero attached hydrogens (tertiary/aromatic N) is 4. The molecular weight excluding hydrogens is 254 g/mol. The molecule has 1 unspecified atom stereocenters. The Morgan fingerprint density at radius 3 is 3.10 bits per heavy atom. The summed E-state index contributed by atoms with van der Waals surface area (Å²) >= 11 is 0. The molecule has 0 aromatic carbocycles. The second-order valence-electron chi connectivity index (χ2n) is 5.43. The van der Waals surface area contributed by atoms with Gasteiger partial charge in [0.15, 0.2) is 5.84 Å². The third-order valence-electron chi connectivity index (χ3n) is 3.80. The molecule has 1 fully saturated rings. The molecule has 1 aliphatic rings. The Hall–Kier alpha value is -1.66. The number of rotatable bonds is 3. The second kappa shape index (κ2) is 6.67. The van der Waals surface area contributed by atoms with Gasteiger partial charge in [-0.2, -0.15) is 0 Å². The van der Waals surface area contributed by atoms with Gasteiger partial charge in [0, 0.05) is 31.9 Å². The fourth-order valence-electron chi connectivity index (χ4n) is 2.72. The standard InChI is InChI=1S/C14H23N5O/c1-11-9-18(2)7-4-8-19(11)10-12-5-3-6-16-13(12)14(15)17-20/h3,5-6,11,20H,4,7-10H2,1-2H3,(H2,15,17). The molecule has 3 N–H and O–H groups in total. The quantitative estimate of drug-likeness (QED) is 0.368. The number of amidine groups is 1. The van der Waals surface area contributed by atoms with Crippen LogP contribution in [0.25, 0.3) is 0 Å². The molecule has 0 radical (unpaired) electrons. The third kappa shape index (κ3) is 3.46. The van der Waals surface area contributed by atoms with Crippen LogP contribution in [0.4, 0.5) is 0 Å². The van der Waals surface area contributed by atoms with Crippen LogP contribution >= 0.6 is 0 Å². The van der Waals surface area contributed by atoms with Crippen LogP contribution < -0.4 is 5.73 Å². The minimum absolute atomic E-state index is 0.0696. The van der Waals surface area contributed by atoms with Crippen molar-refractivity contribution in [1.82, 2.24) is 14.8 Å². The largest absolute Gasteiger partial charge is 0.409 e. The maximum absolute atomic E-state index is 8.85. The fourth-order valence-corrected chi connectivity index (χ4v) is 2.72. The lowest BCUT2D eigenvalue weighted by molar-refractivity contribution is 0.194. The summed E-state index contributed by atoms with van der Waals surface area (Å²) in [5, 5.41) is 11.9. The van der Waals surface area contributed by atoms with Gasteiger partial charge in [-0.3, -0.25) is 9.88 Å². The minimum Gasteiger partial charge on any atom is -0.409 e. The summed E-state index contributed by atoms with van der Waals surface area (Å²) in [6, 6.07) is 4.35. The zero-order chi connectivity index (χ0) is 14.5. The predicted octanol–water partition coefficient (Wildman–Crippen LogP) is 0.702. The molecule has 1 aliphatic heterocycles. The van der Waals surface area contributed by atoms with Crippen molar-refractivity contribution in [3.63, 3.8) is 0 Å². The number of hydrogen-bond donors (Lipinski definition) is 2. The Kier molecular flexibility index (Phi) is 4.92. The SMILES string of the molecule is CC1CN(C)CCCN1Cc1cccnc1/C(N)=N/O. The molecule has 1 saturated heterocycles. The van der Waals surface area contributed by atoms with Crippen molar-refractivity contribution in [3.8, 4) is 0 Å². The number of nitrogens with two attached hydrogens (primary N) is 1. The first-order chi connectivity index (χ1) is 9.61. The van der Waals surface area contributed by atoms with Gasteiger partial charge in [-0.1, -0.05) is 11.2 Å². The molecule has 0 aliphatic carbocycles. The van der Waals surface area contributed by atoms with Gasteiger partial charge in [0.1, 0.15) is 5.69 Å². The molecule has 2 heterocycles. The van der Waals surface area contributed by atoms with E-state index >= 15 is 0 Å². The van der Waals surface area contributed by atoms with Crippen LogP contribution in [0.1, 0.15) is 24.6 Å². The zero-order valence-corrected chi connectivity index (χ0v) is 12.2. The summed E-state index contributed by atoms with van der Waals surface area (Å²) in [7, 11) is 2.16. The molecule has 1 atom stereocenters. The van der Waals surface area contributed by atoms with E-state index < -0.39 is 0 Å². The first-order valence-electron chi connectivity index (χ1n) is 6.96. The Morgan fingerprint density at radius 2 is 2.35 bits per heavy atom. The number of likely N-dealkylation sites (N-methyl/N-ethyl adjacent to an activating group) is 1. The molecule has 2 rings (SSSR count). The van der Waals surface area contributed by atoms with E-state index in [4.69, 9.17) is 10.9 Å². The lowest BCUT2D eigenvalue weighted by Crippen LogP contribution is -2.38. The topological polar surface area (TPSA) is 78.0 Å². The van der Waals surface area contributed by atoms with Crippen LogP contribution in [0.2, 0.25) is 0 Å². The lowest BCUT2D eigenvalue weighted by Gasteiger charge is -2.28. The molecule has 6 nitrogen and oxygen atoms in total. The van der Waals surface area contributed by atoms with Crippen LogP contribution in [-0.4, -0.2) is 58.6 Å². The summed E-state index contributed by atoms with van der Waals surface area (Å²) in [6.45, 7) is 6.24. The van der Waals surface area contributed by atoms with Crippen molar-refractivity contribution in [1.29, 1.82) is 0 Å². The van der Waals surface area contributed by atoms with Crippen LogP contribution in [0.15, 0.2) is 23.5 Å². The number of pyridine rings is 1. The lowest BCUT2D eigenvalue weighted by atomic mass is 10.1. The average Bonchev–Trinajstić information content (AvgIpc) is 2.60. The Morgan fingerprint density at radius 1 is 1.55 bits per heavy atom. The van der Waals surface area contributed by atoms with Crippen molar-refractivity contribution < 1.29 is 5.21 Å². The van der Waals surface area contributed by atoms with Gasteiger partial charge >= 0.3 is 0 Å². The third-order valence-corrected chi connectivity index (χ3v) is 3.80. The van der Waals surface area contributed by atoms with Gasteiger partial charge in [-0.25, -0.2) is 0 Å². The van der Waals surface area contributed by atoms with Crippen LogP contribution in [0, 0.1) is 0 Å². The molecule has 110 valence electrons. The van der Waals surface area contributed by atoms with Crippen molar-refractivity contribution in [2.45, 2.75) is 25.9 Å². The Bertz CT molecular complexity index is 476. The van der Waals surface area contributed by atoms with E-state index in [-0.39, 0.29) is 5.84 Å². The van der Waals surface area contributed by atoms with Gasteiger partial charge in [-0.05, 0) is 38.6 Å². The highest BCUT2D eigenvalue weighted by molar-refractivity contribution is 5.96. The molecule has 20 heavy (non-hydrogen) atoms.